The molecular weight excluding hydrogens is 328 g/mol. The van der Waals surface area contributed by atoms with Crippen molar-refractivity contribution in [2.24, 2.45) is 0 Å². The molecule has 0 aromatic heterocycles. The summed E-state index contributed by atoms with van der Waals surface area (Å²) in [6.07, 6.45) is 0. The number of nitrogens with one attached hydrogen (secondary N) is 1. The number of rotatable bonds is 6. The number of nitrogens with zero attached hydrogens (tertiary/aromatic N) is 1. The molecule has 0 heterocycles. The summed E-state index contributed by atoms with van der Waals surface area (Å²) in [7, 11) is -3.53. The highest BCUT2D eigenvalue weighted by Gasteiger charge is 2.22. The molecule has 0 spiro atoms. The van der Waals surface area contributed by atoms with Gasteiger partial charge in [0.2, 0.25) is 0 Å². The van der Waals surface area contributed by atoms with Gasteiger partial charge in [0.25, 0.3) is 0 Å². The molecule has 0 saturated heterocycles. The average molecular weight is 356 g/mol. The molecule has 7 heteroatoms. The lowest BCUT2D eigenvalue weighted by Crippen LogP contribution is -2.50. The molecule has 6 nitrogen and oxygen atoms in total. The Morgan fingerprint density at radius 3 is 2.17 bits per heavy atom. The second-order valence-corrected chi connectivity index (χ2v) is 8.83. The van der Waals surface area contributed by atoms with Gasteiger partial charge in [-0.05, 0) is 59.2 Å². The average Bonchev–Trinajstić information content (AvgIpc) is 2.43. The van der Waals surface area contributed by atoms with Gasteiger partial charge in [0.05, 0.1) is 5.75 Å². The van der Waals surface area contributed by atoms with Gasteiger partial charge in [-0.1, -0.05) is 12.1 Å². The Kier molecular flexibility index (Phi) is 6.66. The van der Waals surface area contributed by atoms with Crippen LogP contribution in [0.5, 0.6) is 5.75 Å². The zero-order chi connectivity index (χ0) is 18.5. The molecule has 0 saturated carbocycles. The van der Waals surface area contributed by atoms with Gasteiger partial charge in [-0.25, -0.2) is 4.79 Å². The van der Waals surface area contributed by atoms with E-state index in [1.54, 1.807) is 29.2 Å². The first kappa shape index (κ1) is 20.3. The lowest BCUT2D eigenvalue weighted by molar-refractivity contribution is 0.171. The Balaban J connectivity index is 2.83. The van der Waals surface area contributed by atoms with Crippen LogP contribution in [0, 0.1) is 0 Å². The van der Waals surface area contributed by atoms with Crippen molar-refractivity contribution in [3.8, 4) is 5.75 Å². The fourth-order valence-electron chi connectivity index (χ4n) is 1.93. The summed E-state index contributed by atoms with van der Waals surface area (Å²) in [5.41, 5.74) is 0.588. The summed E-state index contributed by atoms with van der Waals surface area (Å²) in [5.74, 6) is 0.193. The van der Waals surface area contributed by atoms with Crippen molar-refractivity contribution in [2.75, 3.05) is 5.75 Å². The van der Waals surface area contributed by atoms with Crippen LogP contribution in [0.3, 0.4) is 0 Å². The van der Waals surface area contributed by atoms with Gasteiger partial charge in [0, 0.05) is 18.1 Å². The minimum absolute atomic E-state index is 0.0312. The highest BCUT2D eigenvalue weighted by molar-refractivity contribution is 7.87. The van der Waals surface area contributed by atoms with Gasteiger partial charge < -0.3 is 14.4 Å². The Bertz CT molecular complexity index is 646. The number of carbonyl (C=O) groups excluding carboxylic acids is 1. The molecule has 2 amide bonds. The fourth-order valence-corrected chi connectivity index (χ4v) is 2.46. The third-order valence-corrected chi connectivity index (χ3v) is 4.37. The molecule has 0 aliphatic heterocycles. The van der Waals surface area contributed by atoms with Crippen molar-refractivity contribution in [1.29, 1.82) is 0 Å². The predicted molar refractivity (Wildman–Crippen MR) is 95.5 cm³/mol. The molecule has 0 unspecified atom stereocenters. The number of carbonyl (C=O) groups is 1. The molecule has 0 atom stereocenters. The van der Waals surface area contributed by atoms with E-state index in [0.29, 0.717) is 6.54 Å². The van der Waals surface area contributed by atoms with Crippen LogP contribution in [-0.2, 0) is 16.7 Å². The van der Waals surface area contributed by atoms with Gasteiger partial charge in [0.15, 0.2) is 0 Å². The van der Waals surface area contributed by atoms with Gasteiger partial charge in [0.1, 0.15) is 5.75 Å². The third kappa shape index (κ3) is 6.78. The maximum atomic E-state index is 12.4. The molecule has 1 aromatic rings. The monoisotopic (exact) mass is 356 g/mol. The highest BCUT2D eigenvalue weighted by atomic mass is 32.2. The first-order chi connectivity index (χ1) is 10.9. The maximum Gasteiger partial charge on any atom is 0.318 e. The first-order valence-electron chi connectivity index (χ1n) is 8.03. The largest absolute Gasteiger partial charge is 0.382 e. The quantitative estimate of drug-likeness (QED) is 0.795. The van der Waals surface area contributed by atoms with Gasteiger partial charge in [-0.15, -0.1) is 0 Å². The Morgan fingerprint density at radius 2 is 1.75 bits per heavy atom. The second kappa shape index (κ2) is 7.88. The Morgan fingerprint density at radius 1 is 1.21 bits per heavy atom. The number of hydrogen-bond acceptors (Lipinski definition) is 4. The highest BCUT2D eigenvalue weighted by Crippen LogP contribution is 2.17. The molecule has 0 radical (unpaired) electrons. The zero-order valence-electron chi connectivity index (χ0n) is 15.3. The molecule has 136 valence electrons. The van der Waals surface area contributed by atoms with Gasteiger partial charge in [-0.2, -0.15) is 8.42 Å². The van der Waals surface area contributed by atoms with Crippen molar-refractivity contribution in [3.05, 3.63) is 29.8 Å². The van der Waals surface area contributed by atoms with Gasteiger partial charge >= 0.3 is 16.1 Å². The second-order valence-electron chi connectivity index (χ2n) is 6.98. The third-order valence-electron chi connectivity index (χ3n) is 3.22. The van der Waals surface area contributed by atoms with Crippen LogP contribution in [-0.4, -0.2) is 36.7 Å². The van der Waals surface area contributed by atoms with E-state index in [9.17, 15) is 13.2 Å². The first-order valence-corrected chi connectivity index (χ1v) is 9.61. The number of amides is 2. The molecule has 0 bridgehead atoms. The summed E-state index contributed by atoms with van der Waals surface area (Å²) >= 11 is 0. The van der Waals surface area contributed by atoms with Crippen LogP contribution in [0.1, 0.15) is 47.1 Å². The number of hydrogen-bond donors (Lipinski definition) is 1. The normalized spacial score (nSPS) is 12.1. The zero-order valence-corrected chi connectivity index (χ0v) is 16.1. The van der Waals surface area contributed by atoms with Crippen LogP contribution in [0.2, 0.25) is 0 Å². The Labute approximate surface area is 145 Å². The maximum absolute atomic E-state index is 12.4. The van der Waals surface area contributed by atoms with E-state index in [2.05, 4.69) is 5.32 Å². The minimum Gasteiger partial charge on any atom is -0.382 e. The van der Waals surface area contributed by atoms with E-state index in [-0.39, 0.29) is 29.1 Å². The summed E-state index contributed by atoms with van der Waals surface area (Å²) in [5, 5.41) is 2.95. The minimum atomic E-state index is -3.53. The van der Waals surface area contributed by atoms with Crippen molar-refractivity contribution in [1.82, 2.24) is 10.2 Å². The van der Waals surface area contributed by atoms with Gasteiger partial charge in [-0.3, -0.25) is 0 Å². The van der Waals surface area contributed by atoms with E-state index >= 15 is 0 Å². The van der Waals surface area contributed by atoms with Crippen LogP contribution >= 0.6 is 0 Å². The topological polar surface area (TPSA) is 75.7 Å². The summed E-state index contributed by atoms with van der Waals surface area (Å²) in [6.45, 7) is 11.7. The molecule has 1 N–H and O–H groups in total. The lowest BCUT2D eigenvalue weighted by atomic mass is 10.1. The van der Waals surface area contributed by atoms with E-state index in [1.807, 2.05) is 34.6 Å². The van der Waals surface area contributed by atoms with E-state index in [0.717, 1.165) is 5.56 Å². The Hall–Kier alpha value is -1.76. The van der Waals surface area contributed by atoms with Crippen LogP contribution in [0.25, 0.3) is 0 Å². The standard InChI is InChI=1S/C17H28N2O4S/c1-7-24(21,22)23-15-10-8-14(9-11-15)12-19(13(2)3)16(20)18-17(4,5)6/h8-11,13H,7,12H2,1-6H3,(H,18,20). The number of urea groups is 1. The van der Waals surface area contributed by atoms with Crippen molar-refractivity contribution in [3.63, 3.8) is 0 Å². The molecular formula is C17H28N2O4S. The van der Waals surface area contributed by atoms with Crippen molar-refractivity contribution < 1.29 is 17.4 Å². The summed E-state index contributed by atoms with van der Waals surface area (Å²) in [6, 6.07) is 6.63. The molecule has 1 aromatic carbocycles. The van der Waals surface area contributed by atoms with E-state index in [1.165, 1.54) is 6.92 Å². The summed E-state index contributed by atoms with van der Waals surface area (Å²) in [4.78, 5) is 14.1. The van der Waals surface area contributed by atoms with Crippen LogP contribution in [0.15, 0.2) is 24.3 Å². The lowest BCUT2D eigenvalue weighted by Gasteiger charge is -2.31. The molecule has 24 heavy (non-hydrogen) atoms. The fraction of sp³-hybridized carbons (Fsp3) is 0.588. The van der Waals surface area contributed by atoms with Crippen molar-refractivity contribution >= 4 is 16.1 Å². The smallest absolute Gasteiger partial charge is 0.318 e. The predicted octanol–water partition coefficient (Wildman–Crippen LogP) is 3.13. The molecule has 0 aliphatic rings. The summed E-state index contributed by atoms with van der Waals surface area (Å²) < 4.78 is 27.9. The van der Waals surface area contributed by atoms with E-state index < -0.39 is 10.1 Å². The van der Waals surface area contributed by atoms with Crippen molar-refractivity contribution in [2.45, 2.75) is 59.7 Å². The van der Waals surface area contributed by atoms with Crippen LogP contribution in [0.4, 0.5) is 4.79 Å². The molecule has 1 rings (SSSR count). The SMILES string of the molecule is CCS(=O)(=O)Oc1ccc(CN(C(=O)NC(C)(C)C)C(C)C)cc1. The van der Waals surface area contributed by atoms with E-state index in [4.69, 9.17) is 4.18 Å². The molecule has 0 fully saturated rings. The van der Waals surface area contributed by atoms with Crippen LogP contribution < -0.4 is 9.50 Å². The number of benzene rings is 1. The molecule has 0 aliphatic carbocycles.